The summed E-state index contributed by atoms with van der Waals surface area (Å²) in [5.74, 6) is -0.120. The monoisotopic (exact) mass is 246 g/mol. The smallest absolute Gasteiger partial charge is 0.251 e. The van der Waals surface area contributed by atoms with Crippen LogP contribution in [0.4, 0.5) is 0 Å². The summed E-state index contributed by atoms with van der Waals surface area (Å²) in [7, 11) is 0. The van der Waals surface area contributed by atoms with Crippen molar-refractivity contribution in [1.82, 2.24) is 10.3 Å². The standard InChI is InChI=1S/C13H11ClN2O/c14-12-5-3-11(4-6-12)13(17)16-9-10-2-1-7-15-8-10/h1-8H,9H2,(H,16,17). The summed E-state index contributed by atoms with van der Waals surface area (Å²) in [6.45, 7) is 0.468. The number of hydrogen-bond acceptors (Lipinski definition) is 2. The average Bonchev–Trinajstić information content (AvgIpc) is 2.38. The van der Waals surface area contributed by atoms with E-state index in [1.165, 1.54) is 0 Å². The van der Waals surface area contributed by atoms with Gasteiger partial charge in [0, 0.05) is 29.5 Å². The molecule has 0 aliphatic carbocycles. The Kier molecular flexibility index (Phi) is 3.73. The Morgan fingerprint density at radius 1 is 1.24 bits per heavy atom. The van der Waals surface area contributed by atoms with Crippen molar-refractivity contribution in [3.63, 3.8) is 0 Å². The van der Waals surface area contributed by atoms with Gasteiger partial charge in [-0.15, -0.1) is 0 Å². The molecular weight excluding hydrogens is 236 g/mol. The van der Waals surface area contributed by atoms with Gasteiger partial charge in [0.15, 0.2) is 0 Å². The number of aromatic nitrogens is 1. The van der Waals surface area contributed by atoms with Gasteiger partial charge in [-0.1, -0.05) is 17.7 Å². The van der Waals surface area contributed by atoms with Crippen molar-refractivity contribution in [3.05, 3.63) is 64.9 Å². The molecule has 1 heterocycles. The number of nitrogens with one attached hydrogen (secondary N) is 1. The van der Waals surface area contributed by atoms with E-state index in [1.54, 1.807) is 36.7 Å². The van der Waals surface area contributed by atoms with Crippen molar-refractivity contribution in [2.45, 2.75) is 6.54 Å². The first-order valence-electron chi connectivity index (χ1n) is 5.18. The summed E-state index contributed by atoms with van der Waals surface area (Å²) in [4.78, 5) is 15.7. The quantitative estimate of drug-likeness (QED) is 0.905. The van der Waals surface area contributed by atoms with Crippen LogP contribution in [-0.4, -0.2) is 10.9 Å². The molecule has 0 saturated heterocycles. The molecule has 1 N–H and O–H groups in total. The van der Waals surface area contributed by atoms with Crippen molar-refractivity contribution in [1.29, 1.82) is 0 Å². The fraction of sp³-hybridized carbons (Fsp3) is 0.0769. The van der Waals surface area contributed by atoms with Crippen molar-refractivity contribution in [2.75, 3.05) is 0 Å². The molecule has 1 aromatic carbocycles. The number of carbonyl (C=O) groups is 1. The van der Waals surface area contributed by atoms with Gasteiger partial charge in [-0.25, -0.2) is 0 Å². The van der Waals surface area contributed by atoms with Gasteiger partial charge in [-0.05, 0) is 35.9 Å². The van der Waals surface area contributed by atoms with Crippen LogP contribution in [0.3, 0.4) is 0 Å². The highest BCUT2D eigenvalue weighted by molar-refractivity contribution is 6.30. The maximum atomic E-state index is 11.8. The third-order valence-electron chi connectivity index (χ3n) is 2.28. The van der Waals surface area contributed by atoms with Crippen molar-refractivity contribution in [2.24, 2.45) is 0 Å². The first-order valence-corrected chi connectivity index (χ1v) is 5.56. The molecule has 1 aromatic heterocycles. The van der Waals surface area contributed by atoms with Crippen molar-refractivity contribution < 1.29 is 4.79 Å². The lowest BCUT2D eigenvalue weighted by Crippen LogP contribution is -2.22. The van der Waals surface area contributed by atoms with Gasteiger partial charge in [0.2, 0.25) is 0 Å². The molecule has 0 atom stereocenters. The van der Waals surface area contributed by atoms with E-state index in [1.807, 2.05) is 12.1 Å². The van der Waals surface area contributed by atoms with Gasteiger partial charge >= 0.3 is 0 Å². The van der Waals surface area contributed by atoms with Crippen LogP contribution in [0.25, 0.3) is 0 Å². The fourth-order valence-electron chi connectivity index (χ4n) is 1.39. The maximum Gasteiger partial charge on any atom is 0.251 e. The largest absolute Gasteiger partial charge is 0.348 e. The Morgan fingerprint density at radius 2 is 2.00 bits per heavy atom. The lowest BCUT2D eigenvalue weighted by Gasteiger charge is -2.04. The van der Waals surface area contributed by atoms with Gasteiger partial charge in [-0.3, -0.25) is 9.78 Å². The summed E-state index contributed by atoms with van der Waals surface area (Å²) in [6.07, 6.45) is 3.42. The zero-order valence-electron chi connectivity index (χ0n) is 9.06. The molecule has 0 aliphatic rings. The first-order chi connectivity index (χ1) is 8.25. The van der Waals surface area contributed by atoms with Gasteiger partial charge in [0.05, 0.1) is 0 Å². The van der Waals surface area contributed by atoms with E-state index in [0.29, 0.717) is 17.1 Å². The highest BCUT2D eigenvalue weighted by Crippen LogP contribution is 2.09. The number of amides is 1. The molecule has 2 rings (SSSR count). The second kappa shape index (κ2) is 5.46. The van der Waals surface area contributed by atoms with Crippen LogP contribution in [0.5, 0.6) is 0 Å². The minimum absolute atomic E-state index is 0.120. The van der Waals surface area contributed by atoms with Crippen LogP contribution in [0.2, 0.25) is 5.02 Å². The van der Waals surface area contributed by atoms with E-state index >= 15 is 0 Å². The Labute approximate surface area is 104 Å². The Hall–Kier alpha value is -1.87. The maximum absolute atomic E-state index is 11.8. The highest BCUT2D eigenvalue weighted by atomic mass is 35.5. The third-order valence-corrected chi connectivity index (χ3v) is 2.53. The molecule has 86 valence electrons. The predicted molar refractivity (Wildman–Crippen MR) is 66.9 cm³/mol. The molecule has 2 aromatic rings. The second-order valence-corrected chi connectivity index (χ2v) is 3.99. The fourth-order valence-corrected chi connectivity index (χ4v) is 1.51. The van der Waals surface area contributed by atoms with E-state index in [2.05, 4.69) is 10.3 Å². The molecule has 4 heteroatoms. The lowest BCUT2D eigenvalue weighted by atomic mass is 10.2. The molecule has 0 bridgehead atoms. The van der Waals surface area contributed by atoms with E-state index < -0.39 is 0 Å². The summed E-state index contributed by atoms with van der Waals surface area (Å²) < 4.78 is 0. The lowest BCUT2D eigenvalue weighted by molar-refractivity contribution is 0.0951. The van der Waals surface area contributed by atoms with E-state index in [4.69, 9.17) is 11.6 Å². The minimum Gasteiger partial charge on any atom is -0.348 e. The Bertz CT molecular complexity index is 497. The summed E-state index contributed by atoms with van der Waals surface area (Å²) in [5, 5.41) is 3.43. The second-order valence-electron chi connectivity index (χ2n) is 3.55. The highest BCUT2D eigenvalue weighted by Gasteiger charge is 2.04. The molecular formula is C13H11ClN2O. The number of nitrogens with zero attached hydrogens (tertiary/aromatic N) is 1. The Morgan fingerprint density at radius 3 is 2.65 bits per heavy atom. The molecule has 3 nitrogen and oxygen atoms in total. The molecule has 1 amide bonds. The summed E-state index contributed by atoms with van der Waals surface area (Å²) >= 11 is 5.75. The third kappa shape index (κ3) is 3.29. The van der Waals surface area contributed by atoms with Gasteiger partial charge in [0.25, 0.3) is 5.91 Å². The molecule has 0 radical (unpaired) electrons. The summed E-state index contributed by atoms with van der Waals surface area (Å²) in [5.41, 5.74) is 1.56. The minimum atomic E-state index is -0.120. The SMILES string of the molecule is O=C(NCc1cccnc1)c1ccc(Cl)cc1. The van der Waals surface area contributed by atoms with E-state index in [0.717, 1.165) is 5.56 Å². The molecule has 0 spiro atoms. The molecule has 0 fully saturated rings. The van der Waals surface area contributed by atoms with Crippen LogP contribution in [0, 0.1) is 0 Å². The van der Waals surface area contributed by atoms with Crippen molar-refractivity contribution >= 4 is 17.5 Å². The van der Waals surface area contributed by atoms with E-state index in [9.17, 15) is 4.79 Å². The van der Waals surface area contributed by atoms with Crippen LogP contribution in [0.15, 0.2) is 48.8 Å². The first kappa shape index (κ1) is 11.6. The van der Waals surface area contributed by atoms with Gasteiger partial charge < -0.3 is 5.32 Å². The number of hydrogen-bond donors (Lipinski definition) is 1. The normalized spacial score (nSPS) is 9.94. The topological polar surface area (TPSA) is 42.0 Å². The number of pyridine rings is 1. The molecule has 0 saturated carbocycles. The number of rotatable bonds is 3. The molecule has 0 aliphatic heterocycles. The predicted octanol–water partition coefficient (Wildman–Crippen LogP) is 2.67. The van der Waals surface area contributed by atoms with Crippen molar-refractivity contribution in [3.8, 4) is 0 Å². The zero-order chi connectivity index (χ0) is 12.1. The van der Waals surface area contributed by atoms with Gasteiger partial charge in [0.1, 0.15) is 0 Å². The van der Waals surface area contributed by atoms with Crippen LogP contribution < -0.4 is 5.32 Å². The number of benzene rings is 1. The van der Waals surface area contributed by atoms with Crippen LogP contribution >= 0.6 is 11.6 Å². The van der Waals surface area contributed by atoms with Crippen LogP contribution in [0.1, 0.15) is 15.9 Å². The molecule has 17 heavy (non-hydrogen) atoms. The number of carbonyl (C=O) groups excluding carboxylic acids is 1. The van der Waals surface area contributed by atoms with Gasteiger partial charge in [-0.2, -0.15) is 0 Å². The van der Waals surface area contributed by atoms with E-state index in [-0.39, 0.29) is 5.91 Å². The Balaban J connectivity index is 1.96. The summed E-state index contributed by atoms with van der Waals surface area (Å²) in [6, 6.07) is 10.5. The molecule has 0 unspecified atom stereocenters. The zero-order valence-corrected chi connectivity index (χ0v) is 9.82. The van der Waals surface area contributed by atoms with Crippen LogP contribution in [-0.2, 0) is 6.54 Å². The number of halogens is 1. The average molecular weight is 247 g/mol.